The van der Waals surface area contributed by atoms with Gasteiger partial charge in [-0.05, 0) is 30.7 Å². The average molecular weight is 279 g/mol. The molecule has 0 radical (unpaired) electrons. The minimum Gasteiger partial charge on any atom is -0.222 e. The van der Waals surface area contributed by atoms with Gasteiger partial charge in [0.15, 0.2) is 10.8 Å². The Hall–Kier alpha value is -1.65. The van der Waals surface area contributed by atoms with E-state index in [9.17, 15) is 0 Å². The van der Waals surface area contributed by atoms with Crippen LogP contribution in [0.3, 0.4) is 0 Å². The van der Waals surface area contributed by atoms with Crippen molar-refractivity contribution in [3.05, 3.63) is 46.5 Å². The van der Waals surface area contributed by atoms with Crippen LogP contribution in [0.15, 0.2) is 30.3 Å². The lowest BCUT2D eigenvalue weighted by molar-refractivity contribution is 0.895. The standard InChI is InChI=1S/C12H8Cl2N4/c1-7-9-10(13)17-18(8-5-3-2-4-6-8)11(9)16-12(14)15-7/h2-6H,1H3. The average Bonchev–Trinajstić information content (AvgIpc) is 2.67. The van der Waals surface area contributed by atoms with Gasteiger partial charge in [0.1, 0.15) is 0 Å². The van der Waals surface area contributed by atoms with Crippen LogP contribution in [0.4, 0.5) is 0 Å². The molecule has 6 heteroatoms. The van der Waals surface area contributed by atoms with Crippen molar-refractivity contribution in [3.8, 4) is 5.69 Å². The zero-order chi connectivity index (χ0) is 12.7. The van der Waals surface area contributed by atoms with Gasteiger partial charge in [-0.15, -0.1) is 0 Å². The van der Waals surface area contributed by atoms with Gasteiger partial charge in [0.05, 0.1) is 16.8 Å². The molecule has 0 aliphatic carbocycles. The largest absolute Gasteiger partial charge is 0.224 e. The highest BCUT2D eigenvalue weighted by molar-refractivity contribution is 6.34. The van der Waals surface area contributed by atoms with E-state index in [1.807, 2.05) is 37.3 Å². The molecule has 0 fully saturated rings. The SMILES string of the molecule is Cc1nc(Cl)nc2c1c(Cl)nn2-c1ccccc1. The molecule has 0 saturated heterocycles. The number of halogens is 2. The van der Waals surface area contributed by atoms with E-state index in [0.717, 1.165) is 16.8 Å². The maximum Gasteiger partial charge on any atom is 0.224 e. The molecule has 0 saturated carbocycles. The summed E-state index contributed by atoms with van der Waals surface area (Å²) in [6.45, 7) is 1.83. The summed E-state index contributed by atoms with van der Waals surface area (Å²) in [6, 6.07) is 9.63. The highest BCUT2D eigenvalue weighted by Gasteiger charge is 2.15. The van der Waals surface area contributed by atoms with Crippen molar-refractivity contribution in [1.29, 1.82) is 0 Å². The van der Waals surface area contributed by atoms with Gasteiger partial charge in [-0.1, -0.05) is 29.8 Å². The first-order valence-electron chi connectivity index (χ1n) is 5.30. The van der Waals surface area contributed by atoms with Crippen molar-refractivity contribution < 1.29 is 0 Å². The zero-order valence-corrected chi connectivity index (χ0v) is 10.9. The summed E-state index contributed by atoms with van der Waals surface area (Å²) in [5, 5.41) is 5.58. The lowest BCUT2D eigenvalue weighted by Gasteiger charge is -2.02. The number of hydrogen-bond donors (Lipinski definition) is 0. The van der Waals surface area contributed by atoms with Crippen molar-refractivity contribution in [2.45, 2.75) is 6.92 Å². The molecule has 0 unspecified atom stereocenters. The number of aromatic nitrogens is 4. The molecule has 3 aromatic rings. The Balaban J connectivity index is 2.38. The van der Waals surface area contributed by atoms with Crippen molar-refractivity contribution >= 4 is 34.2 Å². The molecule has 0 aliphatic heterocycles. The van der Waals surface area contributed by atoms with E-state index >= 15 is 0 Å². The molecule has 0 N–H and O–H groups in total. The van der Waals surface area contributed by atoms with E-state index in [-0.39, 0.29) is 5.28 Å². The molecule has 1 aromatic carbocycles. The molecule has 2 heterocycles. The molecule has 3 rings (SSSR count). The molecule has 0 atom stereocenters. The Labute approximate surface area is 113 Å². The number of rotatable bonds is 1. The fourth-order valence-corrected chi connectivity index (χ4v) is 2.36. The summed E-state index contributed by atoms with van der Waals surface area (Å²) in [5.74, 6) is 0. The van der Waals surface area contributed by atoms with E-state index in [1.165, 1.54) is 0 Å². The second kappa shape index (κ2) is 4.23. The molecule has 0 bridgehead atoms. The highest BCUT2D eigenvalue weighted by Crippen LogP contribution is 2.27. The number of fused-ring (bicyclic) bond motifs is 1. The quantitative estimate of drug-likeness (QED) is 0.641. The van der Waals surface area contributed by atoms with E-state index in [1.54, 1.807) is 4.68 Å². The summed E-state index contributed by atoms with van der Waals surface area (Å²) < 4.78 is 1.66. The van der Waals surface area contributed by atoms with Crippen molar-refractivity contribution in [2.24, 2.45) is 0 Å². The highest BCUT2D eigenvalue weighted by atomic mass is 35.5. The Bertz CT molecular complexity index is 722. The van der Waals surface area contributed by atoms with Gasteiger partial charge in [-0.25, -0.2) is 9.67 Å². The molecular weight excluding hydrogens is 271 g/mol. The first kappa shape index (κ1) is 11.4. The lowest BCUT2D eigenvalue weighted by atomic mass is 10.3. The predicted octanol–water partition coefficient (Wildman–Crippen LogP) is 3.43. The predicted molar refractivity (Wildman–Crippen MR) is 71.4 cm³/mol. The van der Waals surface area contributed by atoms with Gasteiger partial charge < -0.3 is 0 Å². The van der Waals surface area contributed by atoms with Crippen LogP contribution in [0, 0.1) is 6.92 Å². The summed E-state index contributed by atoms with van der Waals surface area (Å²) in [6.07, 6.45) is 0. The third-order valence-electron chi connectivity index (χ3n) is 2.64. The van der Waals surface area contributed by atoms with Crippen molar-refractivity contribution in [3.63, 3.8) is 0 Å². The smallest absolute Gasteiger partial charge is 0.222 e. The Morgan fingerprint density at radius 1 is 1.06 bits per heavy atom. The van der Waals surface area contributed by atoms with Crippen molar-refractivity contribution in [1.82, 2.24) is 19.7 Å². The topological polar surface area (TPSA) is 43.6 Å². The second-order valence-electron chi connectivity index (χ2n) is 3.81. The van der Waals surface area contributed by atoms with Crippen LogP contribution in [-0.2, 0) is 0 Å². The number of benzene rings is 1. The third-order valence-corrected chi connectivity index (χ3v) is 3.07. The number of nitrogens with zero attached hydrogens (tertiary/aromatic N) is 4. The molecule has 0 amide bonds. The van der Waals surface area contributed by atoms with Gasteiger partial charge in [-0.2, -0.15) is 10.1 Å². The molecule has 2 aromatic heterocycles. The molecule has 0 spiro atoms. The van der Waals surface area contributed by atoms with E-state index < -0.39 is 0 Å². The van der Waals surface area contributed by atoms with Crippen LogP contribution in [0.5, 0.6) is 0 Å². The molecule has 90 valence electrons. The van der Waals surface area contributed by atoms with Gasteiger partial charge >= 0.3 is 0 Å². The normalized spacial score (nSPS) is 11.1. The molecule has 18 heavy (non-hydrogen) atoms. The van der Waals surface area contributed by atoms with Crippen molar-refractivity contribution in [2.75, 3.05) is 0 Å². The van der Waals surface area contributed by atoms with Crippen LogP contribution in [0.25, 0.3) is 16.7 Å². The monoisotopic (exact) mass is 278 g/mol. The number of para-hydroxylation sites is 1. The summed E-state index contributed by atoms with van der Waals surface area (Å²) in [5.41, 5.74) is 2.21. The summed E-state index contributed by atoms with van der Waals surface area (Å²) in [7, 11) is 0. The van der Waals surface area contributed by atoms with E-state index in [2.05, 4.69) is 15.1 Å². The Morgan fingerprint density at radius 2 is 1.78 bits per heavy atom. The fourth-order valence-electron chi connectivity index (χ4n) is 1.85. The molecule has 4 nitrogen and oxygen atoms in total. The van der Waals surface area contributed by atoms with Gasteiger partial charge in [-0.3, -0.25) is 0 Å². The maximum atomic E-state index is 6.13. The van der Waals surface area contributed by atoms with Crippen LogP contribution in [0.2, 0.25) is 10.4 Å². The minimum atomic E-state index is 0.189. The Morgan fingerprint density at radius 3 is 2.50 bits per heavy atom. The van der Waals surface area contributed by atoms with Gasteiger partial charge in [0.2, 0.25) is 5.28 Å². The van der Waals surface area contributed by atoms with Gasteiger partial charge in [0, 0.05) is 0 Å². The molecular formula is C12H8Cl2N4. The second-order valence-corrected chi connectivity index (χ2v) is 4.51. The van der Waals surface area contributed by atoms with Crippen LogP contribution in [0.1, 0.15) is 5.69 Å². The van der Waals surface area contributed by atoms with Crippen LogP contribution >= 0.6 is 23.2 Å². The van der Waals surface area contributed by atoms with E-state index in [0.29, 0.717) is 10.8 Å². The Kier molecular flexibility index (Phi) is 2.69. The lowest BCUT2D eigenvalue weighted by Crippen LogP contribution is -1.98. The van der Waals surface area contributed by atoms with Crippen LogP contribution < -0.4 is 0 Å². The minimum absolute atomic E-state index is 0.189. The fraction of sp³-hybridized carbons (Fsp3) is 0.0833. The number of aryl methyl sites for hydroxylation is 1. The summed E-state index contributed by atoms with van der Waals surface area (Å²) >= 11 is 12.0. The third kappa shape index (κ3) is 1.74. The first-order chi connectivity index (χ1) is 8.66. The first-order valence-corrected chi connectivity index (χ1v) is 6.06. The van der Waals surface area contributed by atoms with E-state index in [4.69, 9.17) is 23.2 Å². The van der Waals surface area contributed by atoms with Gasteiger partial charge in [0.25, 0.3) is 0 Å². The van der Waals surface area contributed by atoms with Crippen LogP contribution in [-0.4, -0.2) is 19.7 Å². The molecule has 0 aliphatic rings. The maximum absolute atomic E-state index is 6.13. The number of hydrogen-bond acceptors (Lipinski definition) is 3. The zero-order valence-electron chi connectivity index (χ0n) is 9.43. The summed E-state index contributed by atoms with van der Waals surface area (Å²) in [4.78, 5) is 8.29.